The standard InChI is InChI=1S/C13H17N5OS/c1-9-16-13-10(3-2-4-11(13)20-9)7-14-12(19)8-18-6-5-15-17-18/h5-6,10H,2-4,7-8H2,1H3,(H,14,19)/t10-/m0/s1. The summed E-state index contributed by atoms with van der Waals surface area (Å²) in [5.74, 6) is 0.318. The van der Waals surface area contributed by atoms with Crippen LogP contribution in [0.4, 0.5) is 0 Å². The topological polar surface area (TPSA) is 72.7 Å². The lowest BCUT2D eigenvalue weighted by Gasteiger charge is -2.21. The highest BCUT2D eigenvalue weighted by atomic mass is 32.1. The van der Waals surface area contributed by atoms with Crippen LogP contribution in [-0.4, -0.2) is 32.4 Å². The molecule has 2 aromatic heterocycles. The molecule has 2 heterocycles. The molecule has 7 heteroatoms. The van der Waals surface area contributed by atoms with Crippen molar-refractivity contribution in [2.45, 2.75) is 38.6 Å². The number of rotatable bonds is 4. The van der Waals surface area contributed by atoms with Crippen LogP contribution in [-0.2, 0) is 17.8 Å². The van der Waals surface area contributed by atoms with E-state index in [9.17, 15) is 4.79 Å². The first-order chi connectivity index (χ1) is 9.72. The van der Waals surface area contributed by atoms with Crippen LogP contribution in [0.3, 0.4) is 0 Å². The Morgan fingerprint density at radius 1 is 1.60 bits per heavy atom. The molecule has 20 heavy (non-hydrogen) atoms. The van der Waals surface area contributed by atoms with Crippen LogP contribution in [0.2, 0.25) is 0 Å². The van der Waals surface area contributed by atoms with Crippen LogP contribution < -0.4 is 5.32 Å². The summed E-state index contributed by atoms with van der Waals surface area (Å²) < 4.78 is 1.52. The summed E-state index contributed by atoms with van der Waals surface area (Å²) in [4.78, 5) is 17.9. The highest BCUT2D eigenvalue weighted by Crippen LogP contribution is 2.34. The first kappa shape index (κ1) is 13.2. The fourth-order valence-electron chi connectivity index (χ4n) is 2.59. The summed E-state index contributed by atoms with van der Waals surface area (Å²) in [6, 6.07) is 0. The summed E-state index contributed by atoms with van der Waals surface area (Å²) in [6.45, 7) is 2.92. The van der Waals surface area contributed by atoms with Gasteiger partial charge in [0.15, 0.2) is 0 Å². The summed E-state index contributed by atoms with van der Waals surface area (Å²) in [5.41, 5.74) is 1.19. The Labute approximate surface area is 121 Å². The van der Waals surface area contributed by atoms with E-state index in [1.54, 1.807) is 23.7 Å². The molecular weight excluding hydrogens is 274 g/mol. The van der Waals surface area contributed by atoms with Gasteiger partial charge in [0.1, 0.15) is 6.54 Å². The molecule has 106 valence electrons. The minimum Gasteiger partial charge on any atom is -0.354 e. The van der Waals surface area contributed by atoms with Crippen molar-refractivity contribution >= 4 is 17.2 Å². The predicted molar refractivity (Wildman–Crippen MR) is 75.6 cm³/mol. The fraction of sp³-hybridized carbons (Fsp3) is 0.538. The van der Waals surface area contributed by atoms with Crippen LogP contribution in [0, 0.1) is 6.92 Å². The van der Waals surface area contributed by atoms with E-state index in [2.05, 4.69) is 20.6 Å². The molecule has 1 aliphatic rings. The van der Waals surface area contributed by atoms with Gasteiger partial charge < -0.3 is 5.32 Å². The number of thiazole rings is 1. The largest absolute Gasteiger partial charge is 0.354 e. The van der Waals surface area contributed by atoms with E-state index in [0.717, 1.165) is 17.8 Å². The van der Waals surface area contributed by atoms with E-state index < -0.39 is 0 Å². The minimum absolute atomic E-state index is 0.0328. The molecule has 1 atom stereocenters. The number of aromatic nitrogens is 4. The zero-order valence-electron chi connectivity index (χ0n) is 11.4. The van der Waals surface area contributed by atoms with Gasteiger partial charge in [-0.3, -0.25) is 4.79 Å². The van der Waals surface area contributed by atoms with Gasteiger partial charge >= 0.3 is 0 Å². The van der Waals surface area contributed by atoms with Crippen LogP contribution in [0.15, 0.2) is 12.4 Å². The predicted octanol–water partition coefficient (Wildman–Crippen LogP) is 1.28. The maximum atomic E-state index is 11.9. The lowest BCUT2D eigenvalue weighted by Crippen LogP contribution is -2.32. The molecule has 1 amide bonds. The van der Waals surface area contributed by atoms with Crippen molar-refractivity contribution in [2.75, 3.05) is 6.54 Å². The van der Waals surface area contributed by atoms with E-state index in [1.165, 1.54) is 21.7 Å². The molecule has 0 saturated carbocycles. The van der Waals surface area contributed by atoms with Crippen LogP contribution in [0.5, 0.6) is 0 Å². The van der Waals surface area contributed by atoms with Gasteiger partial charge in [-0.15, -0.1) is 16.4 Å². The Kier molecular flexibility index (Phi) is 3.77. The van der Waals surface area contributed by atoms with Gasteiger partial charge in [0.05, 0.1) is 16.9 Å². The number of aryl methyl sites for hydroxylation is 2. The van der Waals surface area contributed by atoms with Crippen molar-refractivity contribution in [3.05, 3.63) is 28.0 Å². The first-order valence-electron chi connectivity index (χ1n) is 6.79. The third-order valence-electron chi connectivity index (χ3n) is 3.50. The number of nitrogens with one attached hydrogen (secondary N) is 1. The monoisotopic (exact) mass is 291 g/mol. The molecule has 1 N–H and O–H groups in total. The molecule has 0 aromatic carbocycles. The highest BCUT2D eigenvalue weighted by molar-refractivity contribution is 7.11. The molecular formula is C13H17N5OS. The maximum Gasteiger partial charge on any atom is 0.241 e. The van der Waals surface area contributed by atoms with E-state index in [4.69, 9.17) is 0 Å². The van der Waals surface area contributed by atoms with Crippen LogP contribution in [0.25, 0.3) is 0 Å². The molecule has 6 nitrogen and oxygen atoms in total. The Balaban J connectivity index is 1.57. The third-order valence-corrected chi connectivity index (χ3v) is 4.55. The average Bonchev–Trinajstić information content (AvgIpc) is 3.04. The quantitative estimate of drug-likeness (QED) is 0.921. The van der Waals surface area contributed by atoms with Gasteiger partial charge in [-0.25, -0.2) is 9.67 Å². The number of carbonyl (C=O) groups excluding carboxylic acids is 1. The van der Waals surface area contributed by atoms with Crippen LogP contribution in [0.1, 0.15) is 34.3 Å². The van der Waals surface area contributed by atoms with Gasteiger partial charge in [-0.1, -0.05) is 5.21 Å². The van der Waals surface area contributed by atoms with E-state index in [-0.39, 0.29) is 12.5 Å². The Morgan fingerprint density at radius 2 is 2.50 bits per heavy atom. The molecule has 0 aliphatic heterocycles. The smallest absolute Gasteiger partial charge is 0.241 e. The Morgan fingerprint density at radius 3 is 3.30 bits per heavy atom. The fourth-order valence-corrected chi connectivity index (χ4v) is 3.65. The number of carbonyl (C=O) groups is 1. The second-order valence-electron chi connectivity index (χ2n) is 5.04. The summed E-state index contributed by atoms with van der Waals surface area (Å²) >= 11 is 1.79. The Bertz CT molecular complexity index is 592. The number of hydrogen-bond acceptors (Lipinski definition) is 5. The van der Waals surface area contributed by atoms with E-state index in [1.807, 2.05) is 6.92 Å². The molecule has 0 bridgehead atoms. The SMILES string of the molecule is Cc1nc2c(s1)CCC[C@H]2CNC(=O)Cn1ccnn1. The number of nitrogens with zero attached hydrogens (tertiary/aromatic N) is 4. The number of hydrogen-bond donors (Lipinski definition) is 1. The van der Waals surface area contributed by atoms with Gasteiger partial charge in [0, 0.05) is 23.5 Å². The van der Waals surface area contributed by atoms with Crippen molar-refractivity contribution in [1.29, 1.82) is 0 Å². The molecule has 2 aromatic rings. The summed E-state index contributed by atoms with van der Waals surface area (Å²) in [5, 5.41) is 11.6. The highest BCUT2D eigenvalue weighted by Gasteiger charge is 2.24. The zero-order valence-corrected chi connectivity index (χ0v) is 12.2. The maximum absolute atomic E-state index is 11.9. The summed E-state index contributed by atoms with van der Waals surface area (Å²) in [7, 11) is 0. The lowest BCUT2D eigenvalue weighted by molar-refractivity contribution is -0.121. The van der Waals surface area contributed by atoms with Crippen molar-refractivity contribution < 1.29 is 4.79 Å². The second kappa shape index (κ2) is 5.70. The van der Waals surface area contributed by atoms with E-state index in [0.29, 0.717) is 12.5 Å². The number of fused-ring (bicyclic) bond motifs is 1. The van der Waals surface area contributed by atoms with Crippen molar-refractivity contribution in [3.63, 3.8) is 0 Å². The van der Waals surface area contributed by atoms with Gasteiger partial charge in [-0.05, 0) is 26.2 Å². The first-order valence-corrected chi connectivity index (χ1v) is 7.61. The normalized spacial score (nSPS) is 17.8. The van der Waals surface area contributed by atoms with Gasteiger partial charge in [0.25, 0.3) is 0 Å². The second-order valence-corrected chi connectivity index (χ2v) is 6.32. The molecule has 3 rings (SSSR count). The zero-order chi connectivity index (χ0) is 13.9. The molecule has 0 fully saturated rings. The molecule has 0 spiro atoms. The Hall–Kier alpha value is -1.76. The lowest BCUT2D eigenvalue weighted by atomic mass is 9.91. The molecule has 0 unspecified atom stereocenters. The van der Waals surface area contributed by atoms with Crippen molar-refractivity contribution in [1.82, 2.24) is 25.3 Å². The van der Waals surface area contributed by atoms with Crippen LogP contribution >= 0.6 is 11.3 Å². The van der Waals surface area contributed by atoms with Crippen molar-refractivity contribution in [2.24, 2.45) is 0 Å². The van der Waals surface area contributed by atoms with Gasteiger partial charge in [-0.2, -0.15) is 0 Å². The summed E-state index contributed by atoms with van der Waals surface area (Å²) in [6.07, 6.45) is 6.66. The van der Waals surface area contributed by atoms with E-state index >= 15 is 0 Å². The third kappa shape index (κ3) is 2.87. The molecule has 0 saturated heterocycles. The molecule has 0 radical (unpaired) electrons. The van der Waals surface area contributed by atoms with Crippen molar-refractivity contribution in [3.8, 4) is 0 Å². The van der Waals surface area contributed by atoms with Gasteiger partial charge in [0.2, 0.25) is 5.91 Å². The average molecular weight is 291 g/mol. The molecule has 1 aliphatic carbocycles. The minimum atomic E-state index is -0.0328. The number of amides is 1.